The number of anilines is 2. The van der Waals surface area contributed by atoms with E-state index in [1.54, 1.807) is 19.1 Å². The summed E-state index contributed by atoms with van der Waals surface area (Å²) in [6.07, 6.45) is -4.63. The third-order valence-corrected chi connectivity index (χ3v) is 5.78. The molecule has 2 aromatic rings. The highest BCUT2D eigenvalue weighted by molar-refractivity contribution is 7.92. The zero-order chi connectivity index (χ0) is 20.4. The Morgan fingerprint density at radius 2 is 1.85 bits per heavy atom. The fourth-order valence-electron chi connectivity index (χ4n) is 2.67. The fourth-order valence-corrected chi connectivity index (χ4v) is 4.23. The van der Waals surface area contributed by atoms with Crippen molar-refractivity contribution >= 4 is 21.4 Å². The lowest BCUT2D eigenvalue weighted by Gasteiger charge is -2.32. The first kappa shape index (κ1) is 20.8. The molecule has 0 saturated carbocycles. The number of fused-ring (bicyclic) bond motifs is 1. The highest BCUT2D eigenvalue weighted by Gasteiger charge is 2.35. The van der Waals surface area contributed by atoms with Crippen molar-refractivity contribution in [3.05, 3.63) is 47.5 Å². The standard InChI is InChI=1S/C16H15F3N2O3S.CH4O/c1-10-13(20)5-6-14-15(10)21(7-8-24-14)25(22,23)12-4-2-3-11(9-12)16(17,18)19;1-2/h2-6,9H,7-8,20H2,1H3;2H,1H3. The van der Waals surface area contributed by atoms with Gasteiger partial charge in [0, 0.05) is 18.4 Å². The van der Waals surface area contributed by atoms with E-state index in [2.05, 4.69) is 0 Å². The first-order chi connectivity index (χ1) is 12.6. The molecule has 27 heavy (non-hydrogen) atoms. The van der Waals surface area contributed by atoms with Crippen LogP contribution in [-0.2, 0) is 16.2 Å². The summed E-state index contributed by atoms with van der Waals surface area (Å²) in [7, 11) is -3.20. The number of hydrogen-bond donors (Lipinski definition) is 2. The quantitative estimate of drug-likeness (QED) is 0.751. The van der Waals surface area contributed by atoms with Crippen molar-refractivity contribution < 1.29 is 31.4 Å². The molecule has 148 valence electrons. The van der Waals surface area contributed by atoms with E-state index in [9.17, 15) is 21.6 Å². The number of nitrogens with two attached hydrogens (primary N) is 1. The van der Waals surface area contributed by atoms with Crippen molar-refractivity contribution in [2.24, 2.45) is 0 Å². The van der Waals surface area contributed by atoms with Crippen LogP contribution in [0.3, 0.4) is 0 Å². The van der Waals surface area contributed by atoms with Gasteiger partial charge in [0.05, 0.1) is 22.7 Å². The van der Waals surface area contributed by atoms with Gasteiger partial charge in [-0.2, -0.15) is 13.2 Å². The van der Waals surface area contributed by atoms with Gasteiger partial charge in [-0.05, 0) is 37.3 Å². The zero-order valence-electron chi connectivity index (χ0n) is 14.6. The van der Waals surface area contributed by atoms with Crippen molar-refractivity contribution in [1.82, 2.24) is 0 Å². The summed E-state index contributed by atoms with van der Waals surface area (Å²) in [5.41, 5.74) is 5.94. The Morgan fingerprint density at radius 1 is 1.19 bits per heavy atom. The Morgan fingerprint density at radius 3 is 2.48 bits per heavy atom. The molecule has 0 bridgehead atoms. The van der Waals surface area contributed by atoms with Crippen molar-refractivity contribution in [2.75, 3.05) is 30.3 Å². The number of alkyl halides is 3. The van der Waals surface area contributed by atoms with E-state index in [0.717, 1.165) is 29.6 Å². The molecule has 2 aromatic carbocycles. The van der Waals surface area contributed by atoms with Crippen molar-refractivity contribution in [3.8, 4) is 5.75 Å². The number of sulfonamides is 1. The second-order valence-electron chi connectivity index (χ2n) is 5.58. The molecule has 1 heterocycles. The van der Waals surface area contributed by atoms with Gasteiger partial charge in [0.1, 0.15) is 12.4 Å². The Bertz CT molecular complexity index is 930. The molecule has 10 heteroatoms. The number of halogens is 3. The number of nitrogen functional groups attached to an aromatic ring is 1. The molecule has 1 aliphatic heterocycles. The Hall–Kier alpha value is -2.46. The smallest absolute Gasteiger partial charge is 0.416 e. The van der Waals surface area contributed by atoms with Gasteiger partial charge in [-0.25, -0.2) is 8.42 Å². The second kappa shape index (κ2) is 7.65. The van der Waals surface area contributed by atoms with Crippen LogP contribution in [-0.4, -0.2) is 33.8 Å². The van der Waals surface area contributed by atoms with Gasteiger partial charge in [-0.15, -0.1) is 0 Å². The van der Waals surface area contributed by atoms with Crippen LogP contribution in [0.15, 0.2) is 41.3 Å². The van der Waals surface area contributed by atoms with Gasteiger partial charge in [-0.1, -0.05) is 6.07 Å². The van der Waals surface area contributed by atoms with Crippen molar-refractivity contribution in [1.29, 1.82) is 0 Å². The topological polar surface area (TPSA) is 92.9 Å². The zero-order valence-corrected chi connectivity index (χ0v) is 15.4. The molecule has 0 radical (unpaired) electrons. The molecule has 0 aromatic heterocycles. The number of aliphatic hydroxyl groups is 1. The molecule has 0 spiro atoms. The molecule has 3 N–H and O–H groups in total. The maximum atomic E-state index is 13.0. The minimum atomic E-state index is -4.63. The summed E-state index contributed by atoms with van der Waals surface area (Å²) >= 11 is 0. The number of nitrogens with zero attached hydrogens (tertiary/aromatic N) is 1. The molecule has 0 saturated heterocycles. The van der Waals surface area contributed by atoms with Gasteiger partial charge in [-0.3, -0.25) is 4.31 Å². The third kappa shape index (κ3) is 3.96. The van der Waals surface area contributed by atoms with Gasteiger partial charge in [0.25, 0.3) is 10.0 Å². The first-order valence-corrected chi connectivity index (χ1v) is 9.23. The van der Waals surface area contributed by atoms with Gasteiger partial charge in [0.15, 0.2) is 0 Å². The maximum Gasteiger partial charge on any atom is 0.416 e. The molecule has 0 fully saturated rings. The van der Waals surface area contributed by atoms with Crippen LogP contribution in [0.5, 0.6) is 5.75 Å². The van der Waals surface area contributed by atoms with Crippen LogP contribution in [0.1, 0.15) is 11.1 Å². The minimum Gasteiger partial charge on any atom is -0.489 e. The van der Waals surface area contributed by atoms with Crippen LogP contribution >= 0.6 is 0 Å². The second-order valence-corrected chi connectivity index (χ2v) is 7.44. The van der Waals surface area contributed by atoms with E-state index in [4.69, 9.17) is 15.6 Å². The summed E-state index contributed by atoms with van der Waals surface area (Å²) in [6, 6.07) is 6.81. The maximum absolute atomic E-state index is 13.0. The van der Waals surface area contributed by atoms with Crippen LogP contribution in [0.4, 0.5) is 24.5 Å². The van der Waals surface area contributed by atoms with E-state index >= 15 is 0 Å². The van der Waals surface area contributed by atoms with Crippen LogP contribution in [0, 0.1) is 6.92 Å². The molecule has 3 rings (SSSR count). The molecule has 1 aliphatic rings. The fraction of sp³-hybridized carbons (Fsp3) is 0.294. The van der Waals surface area contributed by atoms with E-state index < -0.39 is 26.7 Å². The lowest BCUT2D eigenvalue weighted by molar-refractivity contribution is -0.137. The largest absolute Gasteiger partial charge is 0.489 e. The van der Waals surface area contributed by atoms with Gasteiger partial charge < -0.3 is 15.6 Å². The lowest BCUT2D eigenvalue weighted by Crippen LogP contribution is -2.38. The SMILES string of the molecule is CO.Cc1c(N)ccc2c1N(S(=O)(=O)c1cccc(C(F)(F)F)c1)CCO2. The molecular formula is C17H19F3N2O4S. The van der Waals surface area contributed by atoms with E-state index in [-0.39, 0.29) is 18.8 Å². The third-order valence-electron chi connectivity index (χ3n) is 3.99. The van der Waals surface area contributed by atoms with Crippen LogP contribution in [0.2, 0.25) is 0 Å². The Balaban J connectivity index is 0.00000126. The van der Waals surface area contributed by atoms with Crippen LogP contribution < -0.4 is 14.8 Å². The van der Waals surface area contributed by atoms with E-state index in [0.29, 0.717) is 23.1 Å². The lowest BCUT2D eigenvalue weighted by atomic mass is 10.1. The number of ether oxygens (including phenoxy) is 1. The average Bonchev–Trinajstić information content (AvgIpc) is 2.65. The number of aliphatic hydroxyl groups excluding tert-OH is 1. The highest BCUT2D eigenvalue weighted by Crippen LogP contribution is 2.41. The molecule has 0 atom stereocenters. The molecule has 0 unspecified atom stereocenters. The Kier molecular flexibility index (Phi) is 5.91. The number of hydrogen-bond acceptors (Lipinski definition) is 5. The molecule has 0 amide bonds. The van der Waals surface area contributed by atoms with Crippen molar-refractivity contribution in [2.45, 2.75) is 18.0 Å². The summed E-state index contributed by atoms with van der Waals surface area (Å²) in [4.78, 5) is -0.433. The first-order valence-electron chi connectivity index (χ1n) is 7.79. The molecular weight excluding hydrogens is 385 g/mol. The van der Waals surface area contributed by atoms with E-state index in [1.807, 2.05) is 0 Å². The predicted octanol–water partition coefficient (Wildman–Crippen LogP) is 2.79. The monoisotopic (exact) mass is 404 g/mol. The normalized spacial score (nSPS) is 13.9. The van der Waals surface area contributed by atoms with Crippen LogP contribution in [0.25, 0.3) is 0 Å². The summed E-state index contributed by atoms with van der Waals surface area (Å²) in [5.74, 6) is 0.327. The minimum absolute atomic E-state index is 0.0180. The number of benzene rings is 2. The van der Waals surface area contributed by atoms with Crippen molar-refractivity contribution in [3.63, 3.8) is 0 Å². The summed E-state index contributed by atoms with van der Waals surface area (Å²) < 4.78 is 71.1. The number of rotatable bonds is 2. The molecule has 0 aliphatic carbocycles. The molecule has 6 nitrogen and oxygen atoms in total. The Labute approximate surface area is 155 Å². The average molecular weight is 404 g/mol. The van der Waals surface area contributed by atoms with Gasteiger partial charge in [0.2, 0.25) is 0 Å². The highest BCUT2D eigenvalue weighted by atomic mass is 32.2. The summed E-state index contributed by atoms with van der Waals surface area (Å²) in [6.45, 7) is 1.71. The van der Waals surface area contributed by atoms with Gasteiger partial charge >= 0.3 is 6.18 Å². The summed E-state index contributed by atoms with van der Waals surface area (Å²) in [5, 5.41) is 7.00. The predicted molar refractivity (Wildman–Crippen MR) is 95.2 cm³/mol. The van der Waals surface area contributed by atoms with E-state index in [1.165, 1.54) is 0 Å².